The molecule has 0 atom stereocenters. The predicted molar refractivity (Wildman–Crippen MR) is 172 cm³/mol. The Morgan fingerprint density at radius 3 is 2.05 bits per heavy atom. The molecule has 0 spiro atoms. The van der Waals surface area contributed by atoms with Crippen molar-refractivity contribution in [2.24, 2.45) is 0 Å². The van der Waals surface area contributed by atoms with E-state index in [0.717, 1.165) is 16.7 Å². The van der Waals surface area contributed by atoms with E-state index >= 15 is 0 Å². The third-order valence-corrected chi connectivity index (χ3v) is 7.55. The average molecular weight is 660 g/mol. The van der Waals surface area contributed by atoms with E-state index in [1.165, 1.54) is 0 Å². The monoisotopic (exact) mass is 658 g/mol. The molecule has 0 saturated heterocycles. The highest BCUT2D eigenvalue weighted by atomic mass is 79.9. The molecule has 0 radical (unpaired) electrons. The molecule has 0 saturated carbocycles. The molecule has 1 aliphatic heterocycles. The number of fused-ring (bicyclic) bond motifs is 1. The summed E-state index contributed by atoms with van der Waals surface area (Å²) in [6.07, 6.45) is 1.05. The number of hydrogen-bond donors (Lipinski definition) is 1. The number of rotatable bonds is 9. The second kappa shape index (κ2) is 13.4. The van der Waals surface area contributed by atoms with Crippen LogP contribution in [0.25, 0.3) is 0 Å². The minimum absolute atomic E-state index is 0.0529. The summed E-state index contributed by atoms with van der Waals surface area (Å²) in [7, 11) is 0. The third kappa shape index (κ3) is 7.14. The van der Waals surface area contributed by atoms with Crippen LogP contribution in [0.4, 0.5) is 4.79 Å². The van der Waals surface area contributed by atoms with Gasteiger partial charge in [0.25, 0.3) is 5.91 Å². The Balaban J connectivity index is 1.58. The highest BCUT2D eigenvalue weighted by Crippen LogP contribution is 2.33. The van der Waals surface area contributed by atoms with Gasteiger partial charge in [-0.05, 0) is 53.4 Å². The Labute approximate surface area is 265 Å². The number of alkyl carbamates (subject to hydrolysis) is 1. The van der Waals surface area contributed by atoms with E-state index in [1.54, 1.807) is 36.5 Å². The number of benzene rings is 3. The van der Waals surface area contributed by atoms with Gasteiger partial charge in [0.15, 0.2) is 11.4 Å². The van der Waals surface area contributed by atoms with Crippen molar-refractivity contribution in [2.45, 2.75) is 39.0 Å². The summed E-state index contributed by atoms with van der Waals surface area (Å²) in [5.41, 5.74) is 1.87. The van der Waals surface area contributed by atoms with Crippen LogP contribution in [0.1, 0.15) is 54.0 Å². The van der Waals surface area contributed by atoms with Gasteiger partial charge in [-0.15, -0.1) is 0 Å². The third-order valence-electron chi connectivity index (χ3n) is 6.99. The predicted octanol–water partition coefficient (Wildman–Crippen LogP) is 5.86. The van der Waals surface area contributed by atoms with E-state index in [0.29, 0.717) is 0 Å². The highest BCUT2D eigenvalue weighted by Gasteiger charge is 2.37. The van der Waals surface area contributed by atoms with Crippen LogP contribution in [0.5, 0.6) is 5.75 Å². The topological polar surface area (TPSA) is 93.1 Å². The van der Waals surface area contributed by atoms with E-state index < -0.39 is 17.1 Å². The first-order chi connectivity index (χ1) is 21.1. The lowest BCUT2D eigenvalue weighted by atomic mass is 9.98. The fraction of sp³-hybridized carbons (Fsp3) is 0.265. The Bertz CT molecular complexity index is 1620. The molecular formula is C34H35BrN4O5. The molecule has 1 aliphatic rings. The summed E-state index contributed by atoms with van der Waals surface area (Å²) >= 11 is 3.43. The van der Waals surface area contributed by atoms with Gasteiger partial charge in [0.1, 0.15) is 18.9 Å². The van der Waals surface area contributed by atoms with Gasteiger partial charge >= 0.3 is 6.09 Å². The van der Waals surface area contributed by atoms with Crippen molar-refractivity contribution < 1.29 is 19.1 Å². The second-order valence-electron chi connectivity index (χ2n) is 11.4. The number of carbonyl (C=O) groups excluding carboxylic acids is 2. The molecule has 9 nitrogen and oxygen atoms in total. The van der Waals surface area contributed by atoms with E-state index in [1.807, 2.05) is 96.0 Å². The molecule has 0 fully saturated rings. The Hall–Kier alpha value is -4.57. The van der Waals surface area contributed by atoms with Crippen molar-refractivity contribution in [1.29, 1.82) is 0 Å². The Kier molecular flexibility index (Phi) is 9.39. The van der Waals surface area contributed by atoms with E-state index in [-0.39, 0.29) is 54.2 Å². The van der Waals surface area contributed by atoms with Gasteiger partial charge in [-0.25, -0.2) is 4.79 Å². The highest BCUT2D eigenvalue weighted by molar-refractivity contribution is 9.10. The minimum atomic E-state index is -0.654. The van der Waals surface area contributed by atoms with Crippen molar-refractivity contribution in [3.63, 3.8) is 0 Å². The summed E-state index contributed by atoms with van der Waals surface area (Å²) in [4.78, 5) is 41.6. The van der Waals surface area contributed by atoms with Gasteiger partial charge in [-0.1, -0.05) is 91.0 Å². The summed E-state index contributed by atoms with van der Waals surface area (Å²) < 4.78 is 13.5. The lowest BCUT2D eigenvalue weighted by molar-refractivity contribution is 0.0506. The number of carbonyl (C=O) groups is 2. The second-order valence-corrected chi connectivity index (χ2v) is 12.3. The van der Waals surface area contributed by atoms with Crippen LogP contribution < -0.4 is 20.5 Å². The molecule has 1 aromatic heterocycles. The molecule has 4 aromatic rings. The average Bonchev–Trinajstić information content (AvgIpc) is 3.00. The van der Waals surface area contributed by atoms with Crippen molar-refractivity contribution in [2.75, 3.05) is 24.8 Å². The zero-order valence-corrected chi connectivity index (χ0v) is 26.5. The van der Waals surface area contributed by atoms with Gasteiger partial charge in [-0.2, -0.15) is 0 Å². The van der Waals surface area contributed by atoms with Crippen LogP contribution in [0.3, 0.4) is 0 Å². The number of nitrogens with zero attached hydrogens (tertiary/aromatic N) is 3. The lowest BCUT2D eigenvalue weighted by Gasteiger charge is -2.44. The van der Waals surface area contributed by atoms with Crippen LogP contribution in [-0.2, 0) is 11.3 Å². The summed E-state index contributed by atoms with van der Waals surface area (Å²) in [5.74, 6) is -0.442. The Morgan fingerprint density at radius 2 is 1.48 bits per heavy atom. The molecule has 2 heterocycles. The first kappa shape index (κ1) is 30.9. The summed E-state index contributed by atoms with van der Waals surface area (Å²) in [6.45, 7) is 5.96. The number of aromatic nitrogens is 1. The largest absolute Gasteiger partial charge is 0.482 e. The summed E-state index contributed by atoms with van der Waals surface area (Å²) in [6, 6.07) is 29.1. The van der Waals surface area contributed by atoms with Gasteiger partial charge in [0, 0.05) is 19.3 Å². The minimum Gasteiger partial charge on any atom is -0.482 e. The normalized spacial score (nSPS) is 13.1. The smallest absolute Gasteiger partial charge is 0.407 e. The molecule has 228 valence electrons. The van der Waals surface area contributed by atoms with Crippen molar-refractivity contribution in [3.05, 3.63) is 134 Å². The van der Waals surface area contributed by atoms with Gasteiger partial charge in [-0.3, -0.25) is 19.3 Å². The number of hydrogen-bond acceptors (Lipinski definition) is 6. The lowest BCUT2D eigenvalue weighted by Crippen LogP contribution is -2.57. The molecule has 0 aliphatic carbocycles. The fourth-order valence-corrected chi connectivity index (χ4v) is 5.44. The first-order valence-electron chi connectivity index (χ1n) is 14.4. The quantitative estimate of drug-likeness (QED) is 0.242. The SMILES string of the molecule is CC(C)(C)OC(=O)NCCN1CN(C(c2ccccc2)c2ccccc2)n2cc(Br)c(=O)c(OCc3ccccc3)c2C1=O. The Morgan fingerprint density at radius 1 is 0.909 bits per heavy atom. The molecule has 0 bridgehead atoms. The summed E-state index contributed by atoms with van der Waals surface area (Å²) in [5, 5.41) is 4.76. The van der Waals surface area contributed by atoms with Crippen LogP contribution in [0.2, 0.25) is 0 Å². The molecule has 10 heteroatoms. The van der Waals surface area contributed by atoms with Crippen LogP contribution in [0, 0.1) is 0 Å². The number of amides is 2. The van der Waals surface area contributed by atoms with Gasteiger partial charge < -0.3 is 19.7 Å². The van der Waals surface area contributed by atoms with Crippen LogP contribution in [-0.4, -0.2) is 46.9 Å². The molecular weight excluding hydrogens is 624 g/mol. The van der Waals surface area contributed by atoms with E-state index in [9.17, 15) is 14.4 Å². The number of ether oxygens (including phenoxy) is 2. The van der Waals surface area contributed by atoms with Crippen molar-refractivity contribution in [1.82, 2.24) is 14.9 Å². The molecule has 44 heavy (non-hydrogen) atoms. The fourth-order valence-electron chi connectivity index (χ4n) is 5.06. The first-order valence-corrected chi connectivity index (χ1v) is 15.2. The maximum Gasteiger partial charge on any atom is 0.407 e. The number of nitrogens with one attached hydrogen (secondary N) is 1. The van der Waals surface area contributed by atoms with Crippen LogP contribution in [0.15, 0.2) is 106 Å². The maximum absolute atomic E-state index is 14.2. The zero-order valence-electron chi connectivity index (χ0n) is 24.9. The van der Waals surface area contributed by atoms with E-state index in [2.05, 4.69) is 21.2 Å². The van der Waals surface area contributed by atoms with Crippen LogP contribution >= 0.6 is 15.9 Å². The molecule has 1 N–H and O–H groups in total. The van der Waals surface area contributed by atoms with Gasteiger partial charge in [0.05, 0.1) is 10.5 Å². The molecule has 2 amide bonds. The standard InChI is InChI=1S/C34H35BrN4O5/c1-34(2,3)44-33(42)36-19-20-37-23-39(28(25-15-9-5-10-16-25)26-17-11-6-12-18-26)38-21-27(35)30(40)31(29(38)32(37)41)43-22-24-13-7-4-8-14-24/h4-18,21,28H,19-20,22-23H2,1-3H3,(H,36,42). The van der Waals surface area contributed by atoms with Crippen molar-refractivity contribution >= 4 is 27.9 Å². The van der Waals surface area contributed by atoms with Gasteiger partial charge in [0.2, 0.25) is 5.43 Å². The molecule has 3 aromatic carbocycles. The molecule has 5 rings (SSSR count). The molecule has 0 unspecified atom stereocenters. The maximum atomic E-state index is 14.2. The van der Waals surface area contributed by atoms with E-state index in [4.69, 9.17) is 9.47 Å². The van der Waals surface area contributed by atoms with Crippen molar-refractivity contribution in [3.8, 4) is 5.75 Å². The number of halogens is 1. The number of pyridine rings is 1. The zero-order chi connectivity index (χ0) is 31.3.